The summed E-state index contributed by atoms with van der Waals surface area (Å²) in [6.45, 7) is 0.765. The summed E-state index contributed by atoms with van der Waals surface area (Å²) in [6.07, 6.45) is 1.66. The second-order valence-corrected chi connectivity index (χ2v) is 7.03. The van der Waals surface area contributed by atoms with Crippen LogP contribution in [0.15, 0.2) is 53.5 Å². The molecule has 4 rings (SSSR count). The maximum Gasteiger partial charge on any atom is 0.274 e. The third-order valence-electron chi connectivity index (χ3n) is 4.86. The molecule has 0 unspecified atom stereocenters. The summed E-state index contributed by atoms with van der Waals surface area (Å²) in [7, 11) is 3.68. The van der Waals surface area contributed by atoms with E-state index in [1.807, 2.05) is 49.3 Å². The van der Waals surface area contributed by atoms with Crippen molar-refractivity contribution in [3.63, 3.8) is 0 Å². The van der Waals surface area contributed by atoms with Gasteiger partial charge in [0, 0.05) is 11.9 Å². The lowest BCUT2D eigenvalue weighted by atomic mass is 10.0. The molecule has 29 heavy (non-hydrogen) atoms. The van der Waals surface area contributed by atoms with Gasteiger partial charge in [0.15, 0.2) is 11.5 Å². The van der Waals surface area contributed by atoms with Crippen molar-refractivity contribution in [2.75, 3.05) is 27.4 Å². The summed E-state index contributed by atoms with van der Waals surface area (Å²) < 4.78 is 12.1. The second kappa shape index (κ2) is 7.92. The first-order valence-corrected chi connectivity index (χ1v) is 9.33. The van der Waals surface area contributed by atoms with Crippen molar-refractivity contribution in [1.82, 2.24) is 20.0 Å². The summed E-state index contributed by atoms with van der Waals surface area (Å²) >= 11 is 0. The van der Waals surface area contributed by atoms with Gasteiger partial charge in [-0.05, 0) is 37.9 Å². The standard InChI is InChI=1S/C21H22N4O4/c1-24(2)19(14-7-8-17-18(11-14)29-13-28-17)20(26)22-9-10-25-21(27)16-6-4-3-5-15(16)12-23-25/h3-8,11-12,19H,9-10,13H2,1-2H3,(H,22,26)/t19-/m0/s1. The van der Waals surface area contributed by atoms with E-state index in [-0.39, 0.29) is 24.8 Å². The Labute approximate surface area is 167 Å². The summed E-state index contributed by atoms with van der Waals surface area (Å²) in [5.41, 5.74) is 0.634. The van der Waals surface area contributed by atoms with E-state index >= 15 is 0 Å². The predicted octanol–water partition coefficient (Wildman–Crippen LogP) is 1.54. The highest BCUT2D eigenvalue weighted by atomic mass is 16.7. The van der Waals surface area contributed by atoms with Gasteiger partial charge in [0.2, 0.25) is 12.7 Å². The van der Waals surface area contributed by atoms with E-state index in [1.54, 1.807) is 18.3 Å². The Morgan fingerprint density at radius 3 is 2.83 bits per heavy atom. The van der Waals surface area contributed by atoms with E-state index in [0.717, 1.165) is 10.9 Å². The Bertz CT molecular complexity index is 1110. The average molecular weight is 394 g/mol. The van der Waals surface area contributed by atoms with Gasteiger partial charge in [0.25, 0.3) is 5.56 Å². The lowest BCUT2D eigenvalue weighted by Gasteiger charge is -2.24. The fourth-order valence-electron chi connectivity index (χ4n) is 3.44. The minimum Gasteiger partial charge on any atom is -0.454 e. The summed E-state index contributed by atoms with van der Waals surface area (Å²) in [4.78, 5) is 27.2. The summed E-state index contributed by atoms with van der Waals surface area (Å²) in [6, 6.07) is 12.3. The fourth-order valence-corrected chi connectivity index (χ4v) is 3.44. The number of likely N-dealkylation sites (N-methyl/N-ethyl adjacent to an activating group) is 1. The number of ether oxygens (including phenoxy) is 2. The second-order valence-electron chi connectivity index (χ2n) is 7.03. The molecule has 2 aromatic carbocycles. The molecule has 0 aliphatic carbocycles. The van der Waals surface area contributed by atoms with Crippen LogP contribution in [0, 0.1) is 0 Å². The molecule has 0 fully saturated rings. The number of hydrogen-bond donors (Lipinski definition) is 1. The van der Waals surface area contributed by atoms with Crippen LogP contribution < -0.4 is 20.3 Å². The number of nitrogens with zero attached hydrogens (tertiary/aromatic N) is 3. The molecule has 1 amide bonds. The number of amides is 1. The normalized spacial score (nSPS) is 13.6. The molecular weight excluding hydrogens is 372 g/mol. The molecule has 2 heterocycles. The highest BCUT2D eigenvalue weighted by Crippen LogP contribution is 2.35. The van der Waals surface area contributed by atoms with E-state index in [1.165, 1.54) is 4.68 Å². The van der Waals surface area contributed by atoms with Crippen LogP contribution in [-0.2, 0) is 11.3 Å². The molecule has 150 valence electrons. The van der Waals surface area contributed by atoms with Crippen molar-refractivity contribution in [3.8, 4) is 11.5 Å². The minimum atomic E-state index is -0.495. The number of carbonyl (C=O) groups is 1. The molecule has 3 aromatic rings. The van der Waals surface area contributed by atoms with Crippen LogP contribution in [0.25, 0.3) is 10.8 Å². The van der Waals surface area contributed by atoms with Gasteiger partial charge in [-0.2, -0.15) is 5.10 Å². The van der Waals surface area contributed by atoms with Gasteiger partial charge in [-0.3, -0.25) is 14.5 Å². The van der Waals surface area contributed by atoms with E-state index in [2.05, 4.69) is 10.4 Å². The third kappa shape index (κ3) is 3.79. The number of aromatic nitrogens is 2. The molecule has 1 N–H and O–H groups in total. The highest BCUT2D eigenvalue weighted by molar-refractivity contribution is 5.83. The highest BCUT2D eigenvalue weighted by Gasteiger charge is 2.25. The zero-order valence-electron chi connectivity index (χ0n) is 16.3. The van der Waals surface area contributed by atoms with Gasteiger partial charge in [-0.1, -0.05) is 24.3 Å². The van der Waals surface area contributed by atoms with Crippen molar-refractivity contribution < 1.29 is 14.3 Å². The smallest absolute Gasteiger partial charge is 0.274 e. The number of benzene rings is 2. The first-order valence-electron chi connectivity index (χ1n) is 9.33. The Hall–Kier alpha value is -3.39. The maximum absolute atomic E-state index is 12.8. The summed E-state index contributed by atoms with van der Waals surface area (Å²) in [5.74, 6) is 1.14. The van der Waals surface area contributed by atoms with Crippen molar-refractivity contribution in [2.45, 2.75) is 12.6 Å². The number of rotatable bonds is 6. The van der Waals surface area contributed by atoms with Crippen LogP contribution in [0.5, 0.6) is 11.5 Å². The van der Waals surface area contributed by atoms with Crippen molar-refractivity contribution in [1.29, 1.82) is 0 Å². The molecule has 0 saturated heterocycles. The fraction of sp³-hybridized carbons (Fsp3) is 0.286. The zero-order chi connectivity index (χ0) is 20.4. The maximum atomic E-state index is 12.8. The Balaban J connectivity index is 1.45. The quantitative estimate of drug-likeness (QED) is 0.683. The van der Waals surface area contributed by atoms with Crippen molar-refractivity contribution >= 4 is 16.7 Å². The van der Waals surface area contributed by atoms with Gasteiger partial charge in [-0.15, -0.1) is 0 Å². The molecule has 1 aromatic heterocycles. The number of carbonyl (C=O) groups excluding carboxylic acids is 1. The minimum absolute atomic E-state index is 0.164. The first kappa shape index (κ1) is 18.9. The lowest BCUT2D eigenvalue weighted by Crippen LogP contribution is -2.39. The van der Waals surface area contributed by atoms with Gasteiger partial charge < -0.3 is 14.8 Å². The third-order valence-corrected chi connectivity index (χ3v) is 4.86. The van der Waals surface area contributed by atoms with Crippen LogP contribution in [0.4, 0.5) is 0 Å². The average Bonchev–Trinajstić information content (AvgIpc) is 3.18. The molecule has 8 nitrogen and oxygen atoms in total. The molecule has 1 aliphatic heterocycles. The molecule has 1 atom stereocenters. The Kier molecular flexibility index (Phi) is 5.18. The molecule has 0 saturated carbocycles. The SMILES string of the molecule is CN(C)[C@H](C(=O)NCCn1ncc2ccccc2c1=O)c1ccc2c(c1)OCO2. The molecule has 8 heteroatoms. The van der Waals surface area contributed by atoms with Gasteiger partial charge in [0.1, 0.15) is 6.04 Å². The van der Waals surface area contributed by atoms with E-state index < -0.39 is 6.04 Å². The van der Waals surface area contributed by atoms with Crippen LogP contribution >= 0.6 is 0 Å². The van der Waals surface area contributed by atoms with Crippen molar-refractivity contribution in [3.05, 3.63) is 64.6 Å². The largest absolute Gasteiger partial charge is 0.454 e. The Morgan fingerprint density at radius 2 is 2.00 bits per heavy atom. The Morgan fingerprint density at radius 1 is 1.21 bits per heavy atom. The molecular formula is C21H22N4O4. The monoisotopic (exact) mass is 394 g/mol. The van der Waals surface area contributed by atoms with E-state index in [4.69, 9.17) is 9.47 Å². The number of fused-ring (bicyclic) bond motifs is 2. The van der Waals surface area contributed by atoms with E-state index in [0.29, 0.717) is 23.4 Å². The molecule has 0 bridgehead atoms. The van der Waals surface area contributed by atoms with Gasteiger partial charge >= 0.3 is 0 Å². The lowest BCUT2D eigenvalue weighted by molar-refractivity contribution is -0.125. The predicted molar refractivity (Wildman–Crippen MR) is 108 cm³/mol. The molecule has 0 radical (unpaired) electrons. The van der Waals surface area contributed by atoms with Crippen LogP contribution in [-0.4, -0.2) is 48.0 Å². The van der Waals surface area contributed by atoms with E-state index in [9.17, 15) is 9.59 Å². The van der Waals surface area contributed by atoms with Crippen molar-refractivity contribution in [2.24, 2.45) is 0 Å². The summed E-state index contributed by atoms with van der Waals surface area (Å²) in [5, 5.41) is 8.51. The molecule has 0 spiro atoms. The van der Waals surface area contributed by atoms with Crippen LogP contribution in [0.3, 0.4) is 0 Å². The zero-order valence-corrected chi connectivity index (χ0v) is 16.3. The molecule has 1 aliphatic rings. The first-order chi connectivity index (χ1) is 14.0. The topological polar surface area (TPSA) is 85.7 Å². The van der Waals surface area contributed by atoms with Crippen LogP contribution in [0.2, 0.25) is 0 Å². The number of nitrogens with one attached hydrogen (secondary N) is 1. The van der Waals surface area contributed by atoms with Gasteiger partial charge in [0.05, 0.1) is 18.1 Å². The van der Waals surface area contributed by atoms with Gasteiger partial charge in [-0.25, -0.2) is 4.68 Å². The number of hydrogen-bond acceptors (Lipinski definition) is 6. The van der Waals surface area contributed by atoms with Crippen LogP contribution in [0.1, 0.15) is 11.6 Å².